The molecule has 0 aliphatic heterocycles. The van der Waals surface area contributed by atoms with Gasteiger partial charge in [0.15, 0.2) is 0 Å². The summed E-state index contributed by atoms with van der Waals surface area (Å²) in [6.45, 7) is 6.97. The van der Waals surface area contributed by atoms with Crippen molar-refractivity contribution >= 4 is 5.97 Å². The lowest BCUT2D eigenvalue weighted by atomic mass is 9.97. The van der Waals surface area contributed by atoms with Crippen LogP contribution in [0.25, 0.3) is 0 Å². The van der Waals surface area contributed by atoms with Gasteiger partial charge in [0.2, 0.25) is 0 Å². The van der Waals surface area contributed by atoms with Gasteiger partial charge in [-0.25, -0.2) is 4.79 Å². The SMILES string of the molecule is CCOC(=O)c1cnn(C)c1CNCC(O)(CC)CC. The van der Waals surface area contributed by atoms with Crippen LogP contribution in [0.4, 0.5) is 0 Å². The van der Waals surface area contributed by atoms with Gasteiger partial charge in [0.05, 0.1) is 24.1 Å². The molecule has 0 aromatic carbocycles. The minimum Gasteiger partial charge on any atom is -0.462 e. The van der Waals surface area contributed by atoms with Crippen molar-refractivity contribution in [2.75, 3.05) is 13.2 Å². The number of hydrogen-bond donors (Lipinski definition) is 2. The highest BCUT2D eigenvalue weighted by Gasteiger charge is 2.22. The molecule has 0 atom stereocenters. The quantitative estimate of drug-likeness (QED) is 0.702. The molecule has 20 heavy (non-hydrogen) atoms. The molecule has 6 heteroatoms. The minimum atomic E-state index is -0.706. The summed E-state index contributed by atoms with van der Waals surface area (Å²) in [5, 5.41) is 17.5. The lowest BCUT2D eigenvalue weighted by Gasteiger charge is -2.25. The molecule has 114 valence electrons. The molecule has 2 N–H and O–H groups in total. The Balaban J connectivity index is 2.68. The molecule has 0 bridgehead atoms. The summed E-state index contributed by atoms with van der Waals surface area (Å²) in [6.07, 6.45) is 2.89. The largest absolute Gasteiger partial charge is 0.462 e. The van der Waals surface area contributed by atoms with Crippen LogP contribution >= 0.6 is 0 Å². The Hall–Kier alpha value is -1.40. The predicted octanol–water partition coefficient (Wildman–Crippen LogP) is 1.24. The highest BCUT2D eigenvalue weighted by molar-refractivity contribution is 5.90. The van der Waals surface area contributed by atoms with Crippen molar-refractivity contribution in [2.45, 2.75) is 45.8 Å². The Morgan fingerprint density at radius 2 is 2.10 bits per heavy atom. The van der Waals surface area contributed by atoms with Gasteiger partial charge >= 0.3 is 5.97 Å². The molecule has 0 spiro atoms. The van der Waals surface area contributed by atoms with Gasteiger partial charge < -0.3 is 15.2 Å². The number of aromatic nitrogens is 2. The molecule has 1 heterocycles. The molecule has 0 saturated carbocycles. The molecule has 0 radical (unpaired) electrons. The maximum absolute atomic E-state index is 11.8. The average molecular weight is 283 g/mol. The fraction of sp³-hybridized carbons (Fsp3) is 0.714. The number of aryl methyl sites for hydroxylation is 1. The molecule has 0 saturated heterocycles. The molecule has 1 aromatic rings. The van der Waals surface area contributed by atoms with Crippen LogP contribution in [0.1, 0.15) is 49.7 Å². The van der Waals surface area contributed by atoms with Crippen molar-refractivity contribution in [3.8, 4) is 0 Å². The van der Waals surface area contributed by atoms with E-state index in [1.165, 1.54) is 6.20 Å². The number of esters is 1. The summed E-state index contributed by atoms with van der Waals surface area (Å²) in [5.74, 6) is -0.362. The van der Waals surface area contributed by atoms with Crippen LogP contribution in [0, 0.1) is 0 Å². The third-order valence-electron chi connectivity index (χ3n) is 3.62. The minimum absolute atomic E-state index is 0.339. The van der Waals surface area contributed by atoms with Crippen molar-refractivity contribution in [2.24, 2.45) is 7.05 Å². The first-order valence-corrected chi connectivity index (χ1v) is 7.08. The summed E-state index contributed by atoms with van der Waals surface area (Å²) < 4.78 is 6.65. The van der Waals surface area contributed by atoms with Gasteiger partial charge in [-0.15, -0.1) is 0 Å². The Kier molecular flexibility index (Phi) is 6.16. The summed E-state index contributed by atoms with van der Waals surface area (Å²) in [4.78, 5) is 11.8. The van der Waals surface area contributed by atoms with Gasteiger partial charge in [-0.3, -0.25) is 4.68 Å². The molecule has 0 aliphatic rings. The average Bonchev–Trinajstić information content (AvgIpc) is 2.80. The molecule has 1 rings (SSSR count). The highest BCUT2D eigenvalue weighted by Crippen LogP contribution is 2.14. The lowest BCUT2D eigenvalue weighted by molar-refractivity contribution is 0.0321. The van der Waals surface area contributed by atoms with E-state index in [0.717, 1.165) is 5.69 Å². The monoisotopic (exact) mass is 283 g/mol. The summed E-state index contributed by atoms with van der Waals surface area (Å²) >= 11 is 0. The van der Waals surface area contributed by atoms with Crippen molar-refractivity contribution in [1.82, 2.24) is 15.1 Å². The number of carbonyl (C=O) groups excluding carboxylic acids is 1. The first kappa shape index (κ1) is 16.7. The van der Waals surface area contributed by atoms with E-state index in [9.17, 15) is 9.90 Å². The summed E-state index contributed by atoms with van der Waals surface area (Å²) in [5.41, 5.74) is 0.527. The van der Waals surface area contributed by atoms with Gasteiger partial charge in [0.1, 0.15) is 5.56 Å². The second-order valence-corrected chi connectivity index (χ2v) is 4.88. The summed E-state index contributed by atoms with van der Waals surface area (Å²) in [7, 11) is 1.78. The van der Waals surface area contributed by atoms with Crippen molar-refractivity contribution < 1.29 is 14.6 Å². The van der Waals surface area contributed by atoms with E-state index in [2.05, 4.69) is 10.4 Å². The number of nitrogens with one attached hydrogen (secondary N) is 1. The molecule has 0 fully saturated rings. The predicted molar refractivity (Wildman–Crippen MR) is 76.4 cm³/mol. The maximum atomic E-state index is 11.8. The van der Waals surface area contributed by atoms with Gasteiger partial charge in [-0.2, -0.15) is 5.10 Å². The molecule has 6 nitrogen and oxygen atoms in total. The number of aliphatic hydroxyl groups is 1. The highest BCUT2D eigenvalue weighted by atomic mass is 16.5. The Morgan fingerprint density at radius 3 is 2.65 bits per heavy atom. The van der Waals surface area contributed by atoms with Crippen LogP contribution in [0.5, 0.6) is 0 Å². The third-order valence-corrected chi connectivity index (χ3v) is 3.62. The number of rotatable bonds is 8. The van der Waals surface area contributed by atoms with E-state index in [1.807, 2.05) is 13.8 Å². The van der Waals surface area contributed by atoms with E-state index in [0.29, 0.717) is 38.1 Å². The van der Waals surface area contributed by atoms with Crippen LogP contribution < -0.4 is 5.32 Å². The Morgan fingerprint density at radius 1 is 1.45 bits per heavy atom. The second kappa shape index (κ2) is 7.40. The number of carbonyl (C=O) groups is 1. The van der Waals surface area contributed by atoms with Gasteiger partial charge in [-0.05, 0) is 19.8 Å². The number of hydrogen-bond acceptors (Lipinski definition) is 5. The zero-order valence-electron chi connectivity index (χ0n) is 12.8. The van der Waals surface area contributed by atoms with Gasteiger partial charge in [0.25, 0.3) is 0 Å². The van der Waals surface area contributed by atoms with E-state index < -0.39 is 5.60 Å². The Labute approximate surface area is 120 Å². The standard InChI is InChI=1S/C14H25N3O3/c1-5-14(19,6-2)10-15-9-12-11(8-16-17(12)4)13(18)20-7-3/h8,15,19H,5-7,9-10H2,1-4H3. The Bertz CT molecular complexity index is 439. The number of ether oxygens (including phenoxy) is 1. The normalized spacial score (nSPS) is 11.7. The summed E-state index contributed by atoms with van der Waals surface area (Å²) in [6, 6.07) is 0. The van der Waals surface area contributed by atoms with Crippen LogP contribution in [-0.4, -0.2) is 39.6 Å². The fourth-order valence-corrected chi connectivity index (χ4v) is 1.97. The van der Waals surface area contributed by atoms with Crippen LogP contribution in [0.2, 0.25) is 0 Å². The fourth-order valence-electron chi connectivity index (χ4n) is 1.97. The van der Waals surface area contributed by atoms with Crippen LogP contribution in [-0.2, 0) is 18.3 Å². The van der Waals surface area contributed by atoms with Gasteiger partial charge in [-0.1, -0.05) is 13.8 Å². The topological polar surface area (TPSA) is 76.4 Å². The second-order valence-electron chi connectivity index (χ2n) is 4.88. The molecular weight excluding hydrogens is 258 g/mol. The van der Waals surface area contributed by atoms with E-state index in [1.54, 1.807) is 18.7 Å². The molecule has 0 amide bonds. The van der Waals surface area contributed by atoms with Crippen molar-refractivity contribution in [1.29, 1.82) is 0 Å². The third kappa shape index (κ3) is 4.05. The van der Waals surface area contributed by atoms with E-state index in [4.69, 9.17) is 4.74 Å². The van der Waals surface area contributed by atoms with E-state index >= 15 is 0 Å². The van der Waals surface area contributed by atoms with Crippen LogP contribution in [0.3, 0.4) is 0 Å². The lowest BCUT2D eigenvalue weighted by Crippen LogP contribution is -2.39. The van der Waals surface area contributed by atoms with E-state index in [-0.39, 0.29) is 5.97 Å². The maximum Gasteiger partial charge on any atom is 0.341 e. The van der Waals surface area contributed by atoms with Crippen molar-refractivity contribution in [3.63, 3.8) is 0 Å². The molecule has 1 aromatic heterocycles. The molecule has 0 unspecified atom stereocenters. The van der Waals surface area contributed by atoms with Gasteiger partial charge in [0, 0.05) is 20.1 Å². The van der Waals surface area contributed by atoms with Crippen LogP contribution in [0.15, 0.2) is 6.20 Å². The first-order valence-electron chi connectivity index (χ1n) is 7.08. The smallest absolute Gasteiger partial charge is 0.341 e. The van der Waals surface area contributed by atoms with Crippen molar-refractivity contribution in [3.05, 3.63) is 17.5 Å². The zero-order chi connectivity index (χ0) is 15.2. The molecular formula is C14H25N3O3. The zero-order valence-corrected chi connectivity index (χ0v) is 12.8. The number of nitrogens with zero attached hydrogens (tertiary/aromatic N) is 2. The molecule has 0 aliphatic carbocycles. The first-order chi connectivity index (χ1) is 9.47.